The standard InChI is InChI=1S/C19H16N2O4S/c1-24-18(23)14-7-5-12(6-8-14)11-25-15-4-2-3-13(9-15)10-16-17(22)21-19(26)20-16/h2-10H,11H2,1H3,(H2,20,21,22,26). The van der Waals surface area contributed by atoms with E-state index in [1.165, 1.54) is 7.11 Å². The van der Waals surface area contributed by atoms with E-state index in [4.69, 9.17) is 17.0 Å². The van der Waals surface area contributed by atoms with Crippen LogP contribution in [0.4, 0.5) is 0 Å². The number of esters is 1. The van der Waals surface area contributed by atoms with Gasteiger partial charge in [0.1, 0.15) is 18.1 Å². The zero-order chi connectivity index (χ0) is 18.5. The molecule has 0 unspecified atom stereocenters. The van der Waals surface area contributed by atoms with Gasteiger partial charge in [-0.05, 0) is 53.7 Å². The van der Waals surface area contributed by atoms with E-state index >= 15 is 0 Å². The van der Waals surface area contributed by atoms with Crippen LogP contribution in [0.5, 0.6) is 5.75 Å². The smallest absolute Gasteiger partial charge is 0.337 e. The summed E-state index contributed by atoms with van der Waals surface area (Å²) in [6, 6.07) is 14.4. The summed E-state index contributed by atoms with van der Waals surface area (Å²) in [4.78, 5) is 23.1. The van der Waals surface area contributed by atoms with Crippen molar-refractivity contribution in [2.45, 2.75) is 6.61 Å². The fourth-order valence-electron chi connectivity index (χ4n) is 2.36. The van der Waals surface area contributed by atoms with Crippen LogP contribution in [0.2, 0.25) is 0 Å². The summed E-state index contributed by atoms with van der Waals surface area (Å²) in [5, 5.41) is 5.61. The molecule has 0 spiro atoms. The minimum Gasteiger partial charge on any atom is -0.489 e. The van der Waals surface area contributed by atoms with Crippen molar-refractivity contribution in [3.63, 3.8) is 0 Å². The molecule has 26 heavy (non-hydrogen) atoms. The van der Waals surface area contributed by atoms with Crippen LogP contribution >= 0.6 is 12.2 Å². The fourth-order valence-corrected chi connectivity index (χ4v) is 2.57. The SMILES string of the molecule is COC(=O)c1ccc(COc2cccc(C=C3NC(=S)NC3=O)c2)cc1. The summed E-state index contributed by atoms with van der Waals surface area (Å²) in [7, 11) is 1.35. The van der Waals surface area contributed by atoms with Gasteiger partial charge in [-0.2, -0.15) is 0 Å². The van der Waals surface area contributed by atoms with Crippen LogP contribution < -0.4 is 15.4 Å². The van der Waals surface area contributed by atoms with Crippen molar-refractivity contribution < 1.29 is 19.1 Å². The number of carbonyl (C=O) groups is 2. The number of nitrogens with one attached hydrogen (secondary N) is 2. The minimum atomic E-state index is -0.373. The number of amides is 1. The number of methoxy groups -OCH3 is 1. The number of hydrogen-bond donors (Lipinski definition) is 2. The van der Waals surface area contributed by atoms with Crippen LogP contribution in [0.15, 0.2) is 54.2 Å². The third-order valence-electron chi connectivity index (χ3n) is 3.67. The Hall–Kier alpha value is -3.19. The number of hydrogen-bond acceptors (Lipinski definition) is 5. The normalized spacial score (nSPS) is 14.7. The number of benzene rings is 2. The molecule has 0 saturated carbocycles. The zero-order valence-corrected chi connectivity index (χ0v) is 14.8. The summed E-state index contributed by atoms with van der Waals surface area (Å²) >= 11 is 4.91. The van der Waals surface area contributed by atoms with Crippen molar-refractivity contribution in [3.8, 4) is 5.75 Å². The van der Waals surface area contributed by atoms with Gasteiger partial charge in [0.25, 0.3) is 5.91 Å². The van der Waals surface area contributed by atoms with Crippen molar-refractivity contribution in [1.29, 1.82) is 0 Å². The quantitative estimate of drug-likeness (QED) is 0.479. The topological polar surface area (TPSA) is 76.7 Å². The molecule has 0 bridgehead atoms. The monoisotopic (exact) mass is 368 g/mol. The van der Waals surface area contributed by atoms with E-state index in [0.717, 1.165) is 11.1 Å². The fraction of sp³-hybridized carbons (Fsp3) is 0.105. The lowest BCUT2D eigenvalue weighted by molar-refractivity contribution is -0.115. The van der Waals surface area contributed by atoms with Crippen LogP contribution in [-0.2, 0) is 16.1 Å². The number of rotatable bonds is 5. The third-order valence-corrected chi connectivity index (χ3v) is 3.87. The molecule has 0 aromatic heterocycles. The van der Waals surface area contributed by atoms with E-state index in [1.807, 2.05) is 36.4 Å². The molecule has 3 rings (SSSR count). The summed E-state index contributed by atoms with van der Waals surface area (Å²) in [6.07, 6.45) is 1.70. The maximum Gasteiger partial charge on any atom is 0.337 e. The molecular formula is C19H16N2O4S. The van der Waals surface area contributed by atoms with E-state index in [0.29, 0.717) is 28.7 Å². The molecule has 132 valence electrons. The molecule has 1 heterocycles. The molecule has 0 radical (unpaired) electrons. The van der Waals surface area contributed by atoms with Gasteiger partial charge in [0.2, 0.25) is 0 Å². The summed E-state index contributed by atoms with van der Waals surface area (Å²) in [6.45, 7) is 0.351. The van der Waals surface area contributed by atoms with Crippen molar-refractivity contribution in [3.05, 3.63) is 70.9 Å². The van der Waals surface area contributed by atoms with Gasteiger partial charge in [-0.1, -0.05) is 24.3 Å². The van der Waals surface area contributed by atoms with Gasteiger partial charge in [0.15, 0.2) is 5.11 Å². The Morgan fingerprint density at radius 3 is 2.58 bits per heavy atom. The first-order valence-electron chi connectivity index (χ1n) is 7.79. The van der Waals surface area contributed by atoms with Gasteiger partial charge in [-0.25, -0.2) is 4.79 Å². The maximum atomic E-state index is 11.7. The van der Waals surface area contributed by atoms with Crippen LogP contribution in [0.3, 0.4) is 0 Å². The van der Waals surface area contributed by atoms with Crippen LogP contribution in [-0.4, -0.2) is 24.1 Å². The average Bonchev–Trinajstić information content (AvgIpc) is 2.97. The van der Waals surface area contributed by atoms with Crippen LogP contribution in [0.1, 0.15) is 21.5 Å². The molecule has 1 saturated heterocycles. The second-order valence-electron chi connectivity index (χ2n) is 5.52. The van der Waals surface area contributed by atoms with Crippen LogP contribution in [0.25, 0.3) is 6.08 Å². The van der Waals surface area contributed by atoms with Gasteiger partial charge in [-0.3, -0.25) is 10.1 Å². The first-order chi connectivity index (χ1) is 12.5. The Bertz CT molecular complexity index is 891. The second kappa shape index (κ2) is 7.79. The first kappa shape index (κ1) is 17.6. The molecule has 1 aliphatic heterocycles. The Morgan fingerprint density at radius 2 is 1.92 bits per heavy atom. The van der Waals surface area contributed by atoms with Crippen LogP contribution in [0, 0.1) is 0 Å². The molecule has 2 aromatic rings. The highest BCUT2D eigenvalue weighted by atomic mass is 32.1. The molecule has 0 aliphatic carbocycles. The predicted molar refractivity (Wildman–Crippen MR) is 100 cm³/mol. The predicted octanol–water partition coefficient (Wildman–Crippen LogP) is 2.40. The van der Waals surface area contributed by atoms with E-state index in [1.54, 1.807) is 18.2 Å². The molecule has 2 N–H and O–H groups in total. The Morgan fingerprint density at radius 1 is 1.15 bits per heavy atom. The number of ether oxygens (including phenoxy) is 2. The molecular weight excluding hydrogens is 352 g/mol. The first-order valence-corrected chi connectivity index (χ1v) is 8.20. The van der Waals surface area contributed by atoms with Crippen molar-refractivity contribution >= 4 is 35.3 Å². The lowest BCUT2D eigenvalue weighted by atomic mass is 10.1. The Kier molecular flexibility index (Phi) is 5.28. The maximum absolute atomic E-state index is 11.7. The lowest BCUT2D eigenvalue weighted by Gasteiger charge is -2.08. The average molecular weight is 368 g/mol. The Balaban J connectivity index is 1.66. The third kappa shape index (κ3) is 4.25. The Labute approximate surface area is 155 Å². The summed E-state index contributed by atoms with van der Waals surface area (Å²) < 4.78 is 10.4. The van der Waals surface area contributed by atoms with Gasteiger partial charge < -0.3 is 14.8 Å². The van der Waals surface area contributed by atoms with E-state index in [2.05, 4.69) is 15.4 Å². The molecule has 1 amide bonds. The summed E-state index contributed by atoms with van der Waals surface area (Å²) in [5.41, 5.74) is 2.62. The summed E-state index contributed by atoms with van der Waals surface area (Å²) in [5.74, 6) is 0.0339. The second-order valence-corrected chi connectivity index (χ2v) is 5.92. The highest BCUT2D eigenvalue weighted by molar-refractivity contribution is 7.80. The molecule has 7 heteroatoms. The van der Waals surface area contributed by atoms with Gasteiger partial charge >= 0.3 is 5.97 Å². The molecule has 1 aliphatic rings. The van der Waals surface area contributed by atoms with Crippen molar-refractivity contribution in [2.24, 2.45) is 0 Å². The molecule has 1 fully saturated rings. The molecule has 6 nitrogen and oxygen atoms in total. The lowest BCUT2D eigenvalue weighted by Crippen LogP contribution is -2.21. The van der Waals surface area contributed by atoms with E-state index in [9.17, 15) is 9.59 Å². The largest absolute Gasteiger partial charge is 0.489 e. The highest BCUT2D eigenvalue weighted by Gasteiger charge is 2.19. The highest BCUT2D eigenvalue weighted by Crippen LogP contribution is 2.18. The minimum absolute atomic E-state index is 0.257. The zero-order valence-electron chi connectivity index (χ0n) is 13.9. The van der Waals surface area contributed by atoms with Gasteiger partial charge in [0.05, 0.1) is 12.7 Å². The van der Waals surface area contributed by atoms with E-state index < -0.39 is 0 Å². The molecule has 0 atom stereocenters. The van der Waals surface area contributed by atoms with Crippen molar-refractivity contribution in [2.75, 3.05) is 7.11 Å². The van der Waals surface area contributed by atoms with Crippen molar-refractivity contribution in [1.82, 2.24) is 10.6 Å². The molecule has 2 aromatic carbocycles. The number of thiocarbonyl (C=S) groups is 1. The van der Waals surface area contributed by atoms with Gasteiger partial charge in [-0.15, -0.1) is 0 Å². The van der Waals surface area contributed by atoms with Gasteiger partial charge in [0, 0.05) is 0 Å². The van der Waals surface area contributed by atoms with E-state index in [-0.39, 0.29) is 11.9 Å². The number of carbonyl (C=O) groups excluding carboxylic acids is 2.